The summed E-state index contributed by atoms with van der Waals surface area (Å²) in [7, 11) is 0. The summed E-state index contributed by atoms with van der Waals surface area (Å²) in [5, 5.41) is 13.1. The van der Waals surface area contributed by atoms with Crippen molar-refractivity contribution in [2.24, 2.45) is 0 Å². The average Bonchev–Trinajstić information content (AvgIpc) is 2.39. The molecule has 0 saturated carbocycles. The van der Waals surface area contributed by atoms with E-state index in [2.05, 4.69) is 27.3 Å². The zero-order valence-electron chi connectivity index (χ0n) is 10.3. The Morgan fingerprint density at radius 3 is 2.63 bits per heavy atom. The molecule has 2 aromatic carbocycles. The second kappa shape index (κ2) is 6.10. The van der Waals surface area contributed by atoms with Crippen molar-refractivity contribution in [2.45, 2.75) is 13.0 Å². The highest BCUT2D eigenvalue weighted by Gasteiger charge is 2.14. The molecule has 1 N–H and O–H groups in total. The van der Waals surface area contributed by atoms with Gasteiger partial charge in [-0.1, -0.05) is 51.8 Å². The lowest BCUT2D eigenvalue weighted by molar-refractivity contribution is 0.993. The number of para-hydroxylation sites is 1. The van der Waals surface area contributed by atoms with Crippen LogP contribution in [-0.2, 0) is 0 Å². The molecule has 0 bridgehead atoms. The molecule has 0 aliphatic heterocycles. The van der Waals surface area contributed by atoms with Gasteiger partial charge in [-0.05, 0) is 30.7 Å². The van der Waals surface area contributed by atoms with Gasteiger partial charge in [-0.3, -0.25) is 0 Å². The molecule has 96 valence electrons. The van der Waals surface area contributed by atoms with Gasteiger partial charge in [0.05, 0.1) is 6.07 Å². The van der Waals surface area contributed by atoms with Gasteiger partial charge in [0.15, 0.2) is 0 Å². The van der Waals surface area contributed by atoms with E-state index in [9.17, 15) is 5.26 Å². The summed E-state index contributed by atoms with van der Waals surface area (Å²) in [6.45, 7) is 2.00. The number of rotatable bonds is 3. The van der Waals surface area contributed by atoms with Crippen molar-refractivity contribution in [1.82, 2.24) is 0 Å². The molecule has 1 atom stereocenters. The van der Waals surface area contributed by atoms with Gasteiger partial charge in [0.25, 0.3) is 0 Å². The number of nitriles is 1. The van der Waals surface area contributed by atoms with Crippen LogP contribution in [-0.4, -0.2) is 0 Å². The van der Waals surface area contributed by atoms with Crippen molar-refractivity contribution < 1.29 is 0 Å². The van der Waals surface area contributed by atoms with E-state index in [0.29, 0.717) is 5.02 Å². The minimum atomic E-state index is -0.471. The molecule has 0 aliphatic rings. The first-order valence-electron chi connectivity index (χ1n) is 5.78. The Hall–Kier alpha value is -1.50. The molecule has 2 rings (SSSR count). The Labute approximate surface area is 126 Å². The highest BCUT2D eigenvalue weighted by atomic mass is 79.9. The number of halogens is 2. The molecule has 0 saturated heterocycles. The average molecular weight is 336 g/mol. The van der Waals surface area contributed by atoms with E-state index in [4.69, 9.17) is 11.6 Å². The monoisotopic (exact) mass is 334 g/mol. The van der Waals surface area contributed by atoms with Gasteiger partial charge in [0, 0.05) is 20.7 Å². The summed E-state index contributed by atoms with van der Waals surface area (Å²) < 4.78 is 0.897. The van der Waals surface area contributed by atoms with E-state index in [1.54, 1.807) is 6.07 Å². The van der Waals surface area contributed by atoms with E-state index in [1.165, 1.54) is 0 Å². The molecule has 19 heavy (non-hydrogen) atoms. The minimum absolute atomic E-state index is 0.471. The van der Waals surface area contributed by atoms with E-state index in [0.717, 1.165) is 21.3 Å². The third-order valence-electron chi connectivity index (χ3n) is 2.85. The largest absolute Gasteiger partial charge is 0.366 e. The minimum Gasteiger partial charge on any atom is -0.366 e. The van der Waals surface area contributed by atoms with E-state index in [1.807, 2.05) is 43.3 Å². The maximum atomic E-state index is 9.34. The summed E-state index contributed by atoms with van der Waals surface area (Å²) in [6, 6.07) is 15.2. The van der Waals surface area contributed by atoms with Crippen LogP contribution in [0.3, 0.4) is 0 Å². The van der Waals surface area contributed by atoms with Gasteiger partial charge in [0.1, 0.15) is 6.04 Å². The molecular weight excluding hydrogens is 324 g/mol. The van der Waals surface area contributed by atoms with Gasteiger partial charge in [0.2, 0.25) is 0 Å². The number of hydrogen-bond acceptors (Lipinski definition) is 2. The lowest BCUT2D eigenvalue weighted by atomic mass is 10.1. The molecule has 0 aliphatic carbocycles. The molecular formula is C15H12BrClN2. The number of nitrogens with zero attached hydrogens (tertiary/aromatic N) is 1. The summed E-state index contributed by atoms with van der Waals surface area (Å²) >= 11 is 9.55. The standard InChI is InChI=1S/C15H12BrClN2/c1-10-4-2-3-5-14(10)19-15(9-18)12-7-6-11(16)8-13(12)17/h2-8,15,19H,1H3. The maximum Gasteiger partial charge on any atom is 0.141 e. The molecule has 0 spiro atoms. The third-order valence-corrected chi connectivity index (χ3v) is 3.67. The lowest BCUT2D eigenvalue weighted by Gasteiger charge is -2.16. The van der Waals surface area contributed by atoms with Crippen LogP contribution in [0.2, 0.25) is 5.02 Å². The van der Waals surface area contributed by atoms with Crippen LogP contribution in [0.5, 0.6) is 0 Å². The number of benzene rings is 2. The Kier molecular flexibility index (Phi) is 4.47. The predicted molar refractivity (Wildman–Crippen MR) is 82.3 cm³/mol. The second-order valence-electron chi connectivity index (χ2n) is 4.19. The molecule has 0 radical (unpaired) electrons. The van der Waals surface area contributed by atoms with Crippen LogP contribution in [0.4, 0.5) is 5.69 Å². The number of anilines is 1. The number of hydrogen-bond donors (Lipinski definition) is 1. The first-order valence-corrected chi connectivity index (χ1v) is 6.95. The lowest BCUT2D eigenvalue weighted by Crippen LogP contribution is -2.10. The Balaban J connectivity index is 2.31. The van der Waals surface area contributed by atoms with Crippen LogP contribution < -0.4 is 5.32 Å². The van der Waals surface area contributed by atoms with E-state index >= 15 is 0 Å². The fourth-order valence-electron chi connectivity index (χ4n) is 1.81. The summed E-state index contributed by atoms with van der Waals surface area (Å²) in [5.41, 5.74) is 2.81. The van der Waals surface area contributed by atoms with Crippen molar-refractivity contribution in [2.75, 3.05) is 5.32 Å². The van der Waals surface area contributed by atoms with Crippen LogP contribution in [0, 0.1) is 18.3 Å². The molecule has 0 fully saturated rings. The normalized spacial score (nSPS) is 11.7. The van der Waals surface area contributed by atoms with Crippen molar-refractivity contribution >= 4 is 33.2 Å². The quantitative estimate of drug-likeness (QED) is 0.848. The third kappa shape index (κ3) is 3.28. The molecule has 2 nitrogen and oxygen atoms in total. The highest BCUT2D eigenvalue weighted by Crippen LogP contribution is 2.29. The molecule has 1 unspecified atom stereocenters. The summed E-state index contributed by atoms with van der Waals surface area (Å²) in [6.07, 6.45) is 0. The van der Waals surface area contributed by atoms with Gasteiger partial charge in [-0.2, -0.15) is 5.26 Å². The molecule has 0 amide bonds. The fraction of sp³-hybridized carbons (Fsp3) is 0.133. The van der Waals surface area contributed by atoms with E-state index < -0.39 is 6.04 Å². The zero-order chi connectivity index (χ0) is 13.8. The predicted octanol–water partition coefficient (Wildman–Crippen LogP) is 5.09. The Bertz CT molecular complexity index is 634. The van der Waals surface area contributed by atoms with Gasteiger partial charge < -0.3 is 5.32 Å². The first kappa shape index (κ1) is 13.9. The first-order chi connectivity index (χ1) is 9.11. The number of aryl methyl sites for hydroxylation is 1. The highest BCUT2D eigenvalue weighted by molar-refractivity contribution is 9.10. The summed E-state index contributed by atoms with van der Waals surface area (Å²) in [4.78, 5) is 0. The summed E-state index contributed by atoms with van der Waals surface area (Å²) in [5.74, 6) is 0. The van der Waals surface area contributed by atoms with Crippen LogP contribution in [0.25, 0.3) is 0 Å². The van der Waals surface area contributed by atoms with Gasteiger partial charge in [-0.15, -0.1) is 0 Å². The van der Waals surface area contributed by atoms with Crippen LogP contribution in [0.15, 0.2) is 46.9 Å². The van der Waals surface area contributed by atoms with Crippen LogP contribution in [0.1, 0.15) is 17.2 Å². The molecule has 4 heteroatoms. The second-order valence-corrected chi connectivity index (χ2v) is 5.51. The van der Waals surface area contributed by atoms with E-state index in [-0.39, 0.29) is 0 Å². The topological polar surface area (TPSA) is 35.8 Å². The zero-order valence-corrected chi connectivity index (χ0v) is 12.7. The molecule has 0 heterocycles. The van der Waals surface area contributed by atoms with Gasteiger partial charge >= 0.3 is 0 Å². The SMILES string of the molecule is Cc1ccccc1NC(C#N)c1ccc(Br)cc1Cl. The Morgan fingerprint density at radius 2 is 2.00 bits per heavy atom. The van der Waals surface area contributed by atoms with Crippen molar-refractivity contribution in [3.63, 3.8) is 0 Å². The fourth-order valence-corrected chi connectivity index (χ4v) is 2.59. The molecule has 0 aromatic heterocycles. The van der Waals surface area contributed by atoms with Crippen LogP contribution >= 0.6 is 27.5 Å². The smallest absolute Gasteiger partial charge is 0.141 e. The Morgan fingerprint density at radius 1 is 1.26 bits per heavy atom. The van der Waals surface area contributed by atoms with Gasteiger partial charge in [-0.25, -0.2) is 0 Å². The van der Waals surface area contributed by atoms with Crippen molar-refractivity contribution in [1.29, 1.82) is 5.26 Å². The van der Waals surface area contributed by atoms with Crippen molar-refractivity contribution in [3.05, 3.63) is 63.1 Å². The molecule has 2 aromatic rings. The van der Waals surface area contributed by atoms with Crippen molar-refractivity contribution in [3.8, 4) is 6.07 Å². The number of nitrogens with one attached hydrogen (secondary N) is 1. The maximum absolute atomic E-state index is 9.34.